The average molecular weight is 445 g/mol. The molecule has 3 aliphatic heterocycles. The first-order valence-corrected chi connectivity index (χ1v) is 10.6. The minimum Gasteiger partial charge on any atom is -0.495 e. The van der Waals surface area contributed by atoms with Crippen LogP contribution in [-0.4, -0.2) is 71.3 Å². The van der Waals surface area contributed by atoms with E-state index >= 15 is 0 Å². The van der Waals surface area contributed by atoms with Crippen molar-refractivity contribution in [2.75, 3.05) is 25.6 Å². The first-order chi connectivity index (χ1) is 15.9. The summed E-state index contributed by atoms with van der Waals surface area (Å²) in [5.41, 5.74) is 2.09. The predicted octanol–water partition coefficient (Wildman–Crippen LogP) is 2.52. The van der Waals surface area contributed by atoms with Gasteiger partial charge in [0.15, 0.2) is 18.0 Å². The number of benzene rings is 2. The molecule has 9 heteroatoms. The van der Waals surface area contributed by atoms with Crippen molar-refractivity contribution in [2.24, 2.45) is 4.99 Å². The number of aliphatic imine (C=N–C) groups is 1. The van der Waals surface area contributed by atoms with Gasteiger partial charge >= 0.3 is 6.03 Å². The highest BCUT2D eigenvalue weighted by molar-refractivity contribution is 6.12. The number of Topliss-reactive ketones (excluding diaryl/α,β-unsaturated/α-hetero) is 1. The number of urea groups is 1. The molecule has 0 saturated carbocycles. The Labute approximate surface area is 191 Å². The van der Waals surface area contributed by atoms with Crippen molar-refractivity contribution in [2.45, 2.75) is 19.1 Å². The molecule has 2 aromatic carbocycles. The number of rotatable bonds is 5. The summed E-state index contributed by atoms with van der Waals surface area (Å²) in [6.45, 7) is 1.60. The van der Waals surface area contributed by atoms with E-state index in [-0.39, 0.29) is 12.3 Å². The van der Waals surface area contributed by atoms with Crippen LogP contribution in [-0.2, 0) is 4.79 Å². The summed E-state index contributed by atoms with van der Waals surface area (Å²) in [4.78, 5) is 50.1. The lowest BCUT2D eigenvalue weighted by Crippen LogP contribution is -2.65. The third-order valence-electron chi connectivity index (χ3n) is 6.11. The van der Waals surface area contributed by atoms with Gasteiger partial charge in [-0.25, -0.2) is 9.79 Å². The molecule has 0 radical (unpaired) electrons. The number of carbonyl (C=O) groups excluding carboxylic acids is 3. The van der Waals surface area contributed by atoms with Crippen LogP contribution in [0.1, 0.15) is 17.3 Å². The van der Waals surface area contributed by atoms with Crippen molar-refractivity contribution in [3.63, 3.8) is 0 Å². The molecule has 9 nitrogen and oxygen atoms in total. The number of allylic oxidation sites excluding steroid dienone is 1. The van der Waals surface area contributed by atoms with E-state index in [1.165, 1.54) is 4.90 Å². The van der Waals surface area contributed by atoms with Gasteiger partial charge < -0.3 is 14.5 Å². The Hall–Kier alpha value is -4.14. The Morgan fingerprint density at radius 2 is 1.76 bits per heavy atom. The summed E-state index contributed by atoms with van der Waals surface area (Å²) in [6.07, 6.45) is 1.15. The van der Waals surface area contributed by atoms with Crippen LogP contribution in [0.25, 0.3) is 0 Å². The summed E-state index contributed by atoms with van der Waals surface area (Å²) in [5.74, 6) is 0.455. The van der Waals surface area contributed by atoms with Crippen LogP contribution < -0.4 is 9.64 Å². The van der Waals surface area contributed by atoms with Crippen molar-refractivity contribution in [1.29, 1.82) is 0 Å². The molecule has 1 saturated heterocycles. The van der Waals surface area contributed by atoms with Crippen molar-refractivity contribution in [3.8, 4) is 5.75 Å². The predicted molar refractivity (Wildman–Crippen MR) is 122 cm³/mol. The molecule has 3 amide bonds. The van der Waals surface area contributed by atoms with Gasteiger partial charge in [0.25, 0.3) is 5.91 Å². The SMILES string of the molecule is COc1ccccc1N1C(C)=CN2C1=NC1C2C(=O)N(CC(=O)c2ccccc2)C(=O)N1C. The first-order valence-electron chi connectivity index (χ1n) is 10.6. The van der Waals surface area contributed by atoms with E-state index in [1.807, 2.05) is 42.3 Å². The molecule has 0 aromatic heterocycles. The molecule has 2 atom stereocenters. The second kappa shape index (κ2) is 7.77. The van der Waals surface area contributed by atoms with E-state index in [0.717, 1.165) is 16.3 Å². The zero-order chi connectivity index (χ0) is 23.3. The molecular formula is C24H23N5O4. The molecule has 0 N–H and O–H groups in total. The topological polar surface area (TPSA) is 85.8 Å². The van der Waals surface area contributed by atoms with Crippen LogP contribution in [0, 0.1) is 0 Å². The van der Waals surface area contributed by atoms with Gasteiger partial charge in [0, 0.05) is 24.5 Å². The third-order valence-corrected chi connectivity index (χ3v) is 6.11. The fourth-order valence-corrected chi connectivity index (χ4v) is 4.47. The highest BCUT2D eigenvalue weighted by Crippen LogP contribution is 2.39. The van der Waals surface area contributed by atoms with Gasteiger partial charge in [-0.3, -0.25) is 19.4 Å². The van der Waals surface area contributed by atoms with Crippen LogP contribution >= 0.6 is 0 Å². The number of nitrogens with zero attached hydrogens (tertiary/aromatic N) is 5. The second-order valence-electron chi connectivity index (χ2n) is 8.08. The smallest absolute Gasteiger partial charge is 0.328 e. The lowest BCUT2D eigenvalue weighted by atomic mass is 10.1. The van der Waals surface area contributed by atoms with Crippen molar-refractivity contribution < 1.29 is 19.1 Å². The number of anilines is 1. The number of carbonyl (C=O) groups is 3. The number of fused-ring (bicyclic) bond motifs is 3. The van der Waals surface area contributed by atoms with Crippen molar-refractivity contribution in [3.05, 3.63) is 72.1 Å². The Balaban J connectivity index is 1.46. The maximum absolute atomic E-state index is 13.5. The highest BCUT2D eigenvalue weighted by Gasteiger charge is 2.54. The van der Waals surface area contributed by atoms with Gasteiger partial charge in [0.05, 0.1) is 19.3 Å². The Kier molecular flexibility index (Phi) is 4.88. The molecule has 3 aliphatic rings. The minimum absolute atomic E-state index is 0.299. The summed E-state index contributed by atoms with van der Waals surface area (Å²) >= 11 is 0. The highest BCUT2D eigenvalue weighted by atomic mass is 16.5. The molecule has 168 valence electrons. The van der Waals surface area contributed by atoms with Gasteiger partial charge in [0.1, 0.15) is 5.75 Å². The summed E-state index contributed by atoms with van der Waals surface area (Å²) in [7, 11) is 3.20. The van der Waals surface area contributed by atoms with Crippen molar-refractivity contribution >= 4 is 29.4 Å². The number of amides is 3. The van der Waals surface area contributed by atoms with Crippen molar-refractivity contribution in [1.82, 2.24) is 14.7 Å². The number of likely N-dealkylation sites (N-methyl/N-ethyl adjacent to an activating group) is 1. The maximum Gasteiger partial charge on any atom is 0.328 e. The second-order valence-corrected chi connectivity index (χ2v) is 8.08. The van der Waals surface area contributed by atoms with Crippen LogP contribution in [0.2, 0.25) is 0 Å². The standard InChI is InChI=1S/C24H23N5O4/c1-15-13-27-20-21(25-23(27)29(15)17-11-7-8-12-19(17)33-3)26(2)24(32)28(22(20)31)14-18(30)16-9-5-4-6-10-16/h4-13,20-21H,14H2,1-3H3. The molecular weight excluding hydrogens is 422 g/mol. The number of ketones is 1. The van der Waals surface area contributed by atoms with E-state index < -0.39 is 24.1 Å². The maximum atomic E-state index is 13.5. The molecule has 2 aromatic rings. The summed E-state index contributed by atoms with van der Waals surface area (Å²) in [6, 6.07) is 14.9. The fourth-order valence-electron chi connectivity index (χ4n) is 4.47. The molecule has 33 heavy (non-hydrogen) atoms. The average Bonchev–Trinajstić information content (AvgIpc) is 3.35. The van der Waals surface area contributed by atoms with E-state index in [0.29, 0.717) is 17.3 Å². The Bertz CT molecular complexity index is 1210. The molecule has 0 spiro atoms. The molecule has 3 heterocycles. The van der Waals surface area contributed by atoms with Crippen LogP contribution in [0.4, 0.5) is 10.5 Å². The van der Waals surface area contributed by atoms with E-state index in [2.05, 4.69) is 0 Å². The number of guanidine groups is 1. The van der Waals surface area contributed by atoms with Gasteiger partial charge in [-0.05, 0) is 19.1 Å². The number of imide groups is 1. The zero-order valence-electron chi connectivity index (χ0n) is 18.5. The van der Waals surface area contributed by atoms with E-state index in [9.17, 15) is 14.4 Å². The lowest BCUT2D eigenvalue weighted by Gasteiger charge is -2.39. The van der Waals surface area contributed by atoms with Crippen LogP contribution in [0.5, 0.6) is 5.75 Å². The minimum atomic E-state index is -0.749. The lowest BCUT2D eigenvalue weighted by molar-refractivity contribution is -0.136. The normalized spacial score (nSPS) is 21.7. The van der Waals surface area contributed by atoms with Crippen LogP contribution in [0.3, 0.4) is 0 Å². The van der Waals surface area contributed by atoms with Gasteiger partial charge in [-0.2, -0.15) is 0 Å². The monoisotopic (exact) mass is 445 g/mol. The number of methoxy groups -OCH3 is 1. The molecule has 1 fully saturated rings. The van der Waals surface area contributed by atoms with Crippen LogP contribution in [0.15, 0.2) is 71.5 Å². The summed E-state index contributed by atoms with van der Waals surface area (Å²) < 4.78 is 5.52. The zero-order valence-corrected chi connectivity index (χ0v) is 18.5. The van der Waals surface area contributed by atoms with E-state index in [4.69, 9.17) is 9.73 Å². The number of hydrogen-bond acceptors (Lipinski definition) is 7. The molecule has 5 rings (SSSR count). The largest absolute Gasteiger partial charge is 0.495 e. The number of ether oxygens (including phenoxy) is 1. The Morgan fingerprint density at radius 1 is 1.06 bits per heavy atom. The number of para-hydroxylation sites is 2. The first kappa shape index (κ1) is 20.7. The van der Waals surface area contributed by atoms with Gasteiger partial charge in [-0.1, -0.05) is 42.5 Å². The summed E-state index contributed by atoms with van der Waals surface area (Å²) in [5, 5.41) is 0. The quantitative estimate of drug-likeness (QED) is 0.658. The fraction of sp³-hybridized carbons (Fsp3) is 0.250. The molecule has 0 aliphatic carbocycles. The Morgan fingerprint density at radius 3 is 2.48 bits per heavy atom. The van der Waals surface area contributed by atoms with E-state index in [1.54, 1.807) is 49.4 Å². The molecule has 0 bridgehead atoms. The molecule has 2 unspecified atom stereocenters. The number of hydrogen-bond donors (Lipinski definition) is 0. The third kappa shape index (κ3) is 3.15. The van der Waals surface area contributed by atoms with Gasteiger partial charge in [-0.15, -0.1) is 0 Å². The van der Waals surface area contributed by atoms with Gasteiger partial charge in [0.2, 0.25) is 5.96 Å².